The molecule has 2 aromatic carbocycles. The van der Waals surface area contributed by atoms with Crippen molar-refractivity contribution >= 4 is 17.3 Å². The van der Waals surface area contributed by atoms with Gasteiger partial charge in [-0.05, 0) is 24.3 Å². The molecule has 3 heterocycles. The number of fused-ring (bicyclic) bond motifs is 3. The molecule has 0 radical (unpaired) electrons. The standard InChI is InChI=1S/C23H16ClN5O/c1-3-14-9-10-18-16(11-14)21(15-7-5-6-8-17(15)24)25-12-19-22(26-13-29(18)19)23-27-20(4-2)28-30-23/h1,5-11,13H,4,12H2,2H3. The molecule has 0 saturated carbocycles. The van der Waals surface area contributed by atoms with Crippen LogP contribution in [0.1, 0.15) is 35.1 Å². The van der Waals surface area contributed by atoms with E-state index in [1.165, 1.54) is 0 Å². The lowest BCUT2D eigenvalue weighted by molar-refractivity contribution is 0.422. The van der Waals surface area contributed by atoms with E-state index in [0.29, 0.717) is 35.4 Å². The van der Waals surface area contributed by atoms with E-state index in [1.807, 2.05) is 54.0 Å². The van der Waals surface area contributed by atoms with Gasteiger partial charge in [0.05, 0.1) is 23.6 Å². The minimum absolute atomic E-state index is 0.375. The Balaban J connectivity index is 1.74. The van der Waals surface area contributed by atoms with Crippen molar-refractivity contribution in [1.82, 2.24) is 19.7 Å². The van der Waals surface area contributed by atoms with E-state index in [1.54, 1.807) is 6.33 Å². The van der Waals surface area contributed by atoms with Crippen LogP contribution in [0.4, 0.5) is 0 Å². The molecule has 0 bridgehead atoms. The zero-order chi connectivity index (χ0) is 20.7. The second-order valence-electron chi connectivity index (χ2n) is 6.80. The maximum Gasteiger partial charge on any atom is 0.278 e. The summed E-state index contributed by atoms with van der Waals surface area (Å²) < 4.78 is 7.42. The number of rotatable bonds is 3. The van der Waals surface area contributed by atoms with Gasteiger partial charge in [0.25, 0.3) is 5.89 Å². The molecule has 0 spiro atoms. The molecule has 4 aromatic rings. The summed E-state index contributed by atoms with van der Waals surface area (Å²) >= 11 is 6.51. The Morgan fingerprint density at radius 2 is 2.07 bits per heavy atom. The van der Waals surface area contributed by atoms with Gasteiger partial charge in [-0.15, -0.1) is 6.42 Å². The Labute approximate surface area is 178 Å². The maximum atomic E-state index is 6.51. The Morgan fingerprint density at radius 3 is 2.83 bits per heavy atom. The molecular formula is C23H16ClN5O. The molecule has 6 nitrogen and oxygen atoms in total. The van der Waals surface area contributed by atoms with Crippen molar-refractivity contribution in [2.45, 2.75) is 19.9 Å². The molecule has 0 atom stereocenters. The van der Waals surface area contributed by atoms with Crippen LogP contribution in [0.25, 0.3) is 17.3 Å². The average Bonchev–Trinajstić information content (AvgIpc) is 3.38. The van der Waals surface area contributed by atoms with Gasteiger partial charge in [-0.25, -0.2) is 4.98 Å². The maximum absolute atomic E-state index is 6.51. The van der Waals surface area contributed by atoms with E-state index in [4.69, 9.17) is 27.5 Å². The SMILES string of the molecule is C#Cc1ccc2c(c1)C(c1ccccc1Cl)=NCc1c(-c3nc(CC)no3)ncn1-2. The molecule has 0 aliphatic carbocycles. The summed E-state index contributed by atoms with van der Waals surface area (Å²) in [6.07, 6.45) is 8.10. The Hall–Kier alpha value is -3.69. The summed E-state index contributed by atoms with van der Waals surface area (Å²) in [5.74, 6) is 3.73. The van der Waals surface area contributed by atoms with Crippen LogP contribution < -0.4 is 0 Å². The van der Waals surface area contributed by atoms with Crippen molar-refractivity contribution in [3.05, 3.63) is 82.0 Å². The van der Waals surface area contributed by atoms with Gasteiger partial charge in [0.15, 0.2) is 11.5 Å². The highest BCUT2D eigenvalue weighted by Crippen LogP contribution is 2.32. The monoisotopic (exact) mass is 413 g/mol. The van der Waals surface area contributed by atoms with Crippen LogP contribution >= 0.6 is 11.6 Å². The van der Waals surface area contributed by atoms with Crippen molar-refractivity contribution in [2.24, 2.45) is 4.99 Å². The Kier molecular flexibility index (Phi) is 4.46. The van der Waals surface area contributed by atoms with Gasteiger partial charge in [-0.3, -0.25) is 9.56 Å². The first-order chi connectivity index (χ1) is 14.7. The summed E-state index contributed by atoms with van der Waals surface area (Å²) in [4.78, 5) is 13.9. The molecule has 0 saturated heterocycles. The number of halogens is 1. The number of hydrogen-bond donors (Lipinski definition) is 0. The molecule has 146 valence electrons. The number of aliphatic imine (C=N–C) groups is 1. The van der Waals surface area contributed by atoms with Crippen molar-refractivity contribution in [2.75, 3.05) is 0 Å². The van der Waals surface area contributed by atoms with Crippen molar-refractivity contribution < 1.29 is 4.52 Å². The number of aryl methyl sites for hydroxylation is 1. The van der Waals surface area contributed by atoms with Gasteiger partial charge in [-0.2, -0.15) is 4.98 Å². The first-order valence-corrected chi connectivity index (χ1v) is 9.87. The molecule has 0 unspecified atom stereocenters. The molecule has 2 aromatic heterocycles. The predicted octanol–water partition coefficient (Wildman–Crippen LogP) is 4.47. The molecule has 30 heavy (non-hydrogen) atoms. The Bertz CT molecular complexity index is 1340. The highest BCUT2D eigenvalue weighted by atomic mass is 35.5. The smallest absolute Gasteiger partial charge is 0.278 e. The van der Waals surface area contributed by atoms with Crippen LogP contribution in [-0.4, -0.2) is 25.4 Å². The normalized spacial score (nSPS) is 12.5. The van der Waals surface area contributed by atoms with Gasteiger partial charge in [0.1, 0.15) is 6.33 Å². The molecule has 0 amide bonds. The third-order valence-electron chi connectivity index (χ3n) is 5.05. The van der Waals surface area contributed by atoms with Gasteiger partial charge in [0, 0.05) is 28.1 Å². The first kappa shape index (κ1) is 18.3. The van der Waals surface area contributed by atoms with Gasteiger partial charge in [-0.1, -0.05) is 47.8 Å². The number of nitrogens with zero attached hydrogens (tertiary/aromatic N) is 5. The summed E-state index contributed by atoms with van der Waals surface area (Å²) in [5.41, 5.74) is 5.68. The highest BCUT2D eigenvalue weighted by molar-refractivity contribution is 6.35. The van der Waals surface area contributed by atoms with Crippen molar-refractivity contribution in [3.63, 3.8) is 0 Å². The topological polar surface area (TPSA) is 69.1 Å². The number of imidazole rings is 1. The molecule has 1 aliphatic rings. The molecule has 0 N–H and O–H groups in total. The van der Waals surface area contributed by atoms with Crippen LogP contribution in [0.15, 0.2) is 58.3 Å². The van der Waals surface area contributed by atoms with Crippen molar-refractivity contribution in [3.8, 4) is 29.6 Å². The fourth-order valence-corrected chi connectivity index (χ4v) is 3.78. The van der Waals surface area contributed by atoms with Crippen LogP contribution in [0.3, 0.4) is 0 Å². The summed E-state index contributed by atoms with van der Waals surface area (Å²) in [7, 11) is 0. The quantitative estimate of drug-likeness (QED) is 0.464. The van der Waals surface area contributed by atoms with Crippen LogP contribution in [-0.2, 0) is 13.0 Å². The third kappa shape index (κ3) is 2.92. The van der Waals surface area contributed by atoms with Crippen LogP contribution in [0, 0.1) is 12.3 Å². The number of hydrogen-bond acceptors (Lipinski definition) is 5. The number of benzene rings is 2. The fourth-order valence-electron chi connectivity index (χ4n) is 3.55. The molecule has 5 rings (SSSR count). The molecule has 0 fully saturated rings. The first-order valence-electron chi connectivity index (χ1n) is 9.49. The van der Waals surface area contributed by atoms with E-state index in [-0.39, 0.29) is 0 Å². The molecular weight excluding hydrogens is 398 g/mol. The lowest BCUT2D eigenvalue weighted by atomic mass is 9.98. The van der Waals surface area contributed by atoms with Crippen LogP contribution in [0.2, 0.25) is 5.02 Å². The van der Waals surface area contributed by atoms with E-state index >= 15 is 0 Å². The highest BCUT2D eigenvalue weighted by Gasteiger charge is 2.25. The predicted molar refractivity (Wildman–Crippen MR) is 115 cm³/mol. The average molecular weight is 414 g/mol. The largest absolute Gasteiger partial charge is 0.332 e. The second-order valence-corrected chi connectivity index (χ2v) is 7.21. The Morgan fingerprint density at radius 1 is 1.20 bits per heavy atom. The van der Waals surface area contributed by atoms with E-state index in [2.05, 4.69) is 21.0 Å². The number of aromatic nitrogens is 4. The van der Waals surface area contributed by atoms with Crippen LogP contribution in [0.5, 0.6) is 0 Å². The van der Waals surface area contributed by atoms with E-state index in [0.717, 1.165) is 33.8 Å². The molecule has 1 aliphatic heterocycles. The minimum Gasteiger partial charge on any atom is -0.332 e. The lowest BCUT2D eigenvalue weighted by Crippen LogP contribution is -2.08. The van der Waals surface area contributed by atoms with Crippen molar-refractivity contribution in [1.29, 1.82) is 0 Å². The van der Waals surface area contributed by atoms with Gasteiger partial charge >= 0.3 is 0 Å². The zero-order valence-corrected chi connectivity index (χ0v) is 16.9. The van der Waals surface area contributed by atoms with Gasteiger partial charge < -0.3 is 4.52 Å². The zero-order valence-electron chi connectivity index (χ0n) is 16.1. The minimum atomic E-state index is 0.375. The summed E-state index contributed by atoms with van der Waals surface area (Å²) in [6.45, 7) is 2.35. The lowest BCUT2D eigenvalue weighted by Gasteiger charge is -2.13. The third-order valence-corrected chi connectivity index (χ3v) is 5.38. The summed E-state index contributed by atoms with van der Waals surface area (Å²) in [5, 5.41) is 4.62. The fraction of sp³-hybridized carbons (Fsp3) is 0.130. The van der Waals surface area contributed by atoms with E-state index < -0.39 is 0 Å². The second kappa shape index (κ2) is 7.29. The number of terminal acetylenes is 1. The van der Waals surface area contributed by atoms with Gasteiger partial charge in [0.2, 0.25) is 0 Å². The summed E-state index contributed by atoms with van der Waals surface area (Å²) in [6, 6.07) is 13.5. The van der Waals surface area contributed by atoms with E-state index in [9.17, 15) is 0 Å². The molecule has 7 heteroatoms.